The SMILES string of the molecule is Cc1ccc2c(c1)c1cc3c4cc(C)ccc4n(-c4nccn4-c4ccc(C(C)(C)C)cc4)c3nc1n2-c1[c-]c(-c2[c-]cccc2)ccc1.[Pt+2]. The van der Waals surface area contributed by atoms with E-state index in [4.69, 9.17) is 9.97 Å². The summed E-state index contributed by atoms with van der Waals surface area (Å²) in [4.78, 5) is 10.5. The summed E-state index contributed by atoms with van der Waals surface area (Å²) in [6.45, 7) is 11.0. The van der Waals surface area contributed by atoms with Gasteiger partial charge < -0.3 is 4.57 Å². The summed E-state index contributed by atoms with van der Waals surface area (Å²) >= 11 is 0. The normalized spacial score (nSPS) is 11.9. The number of pyridine rings is 1. The predicted molar refractivity (Wildman–Crippen MR) is 201 cm³/mol. The van der Waals surface area contributed by atoms with Gasteiger partial charge in [-0.05, 0) is 73.0 Å². The number of aryl methyl sites for hydroxylation is 2. The zero-order valence-corrected chi connectivity index (χ0v) is 30.9. The molecule has 0 unspecified atom stereocenters. The first-order chi connectivity index (χ1) is 23.7. The summed E-state index contributed by atoms with van der Waals surface area (Å²) < 4.78 is 6.62. The monoisotopic (exact) mass is 828 g/mol. The Morgan fingerprint density at radius 1 is 0.640 bits per heavy atom. The molecule has 50 heavy (non-hydrogen) atoms. The molecular weight excluding hydrogens is 794 g/mol. The minimum atomic E-state index is 0. The van der Waals surface area contributed by atoms with Gasteiger partial charge >= 0.3 is 21.1 Å². The number of rotatable bonds is 4. The van der Waals surface area contributed by atoms with E-state index in [-0.39, 0.29) is 26.5 Å². The van der Waals surface area contributed by atoms with Crippen molar-refractivity contribution in [2.24, 2.45) is 0 Å². The summed E-state index contributed by atoms with van der Waals surface area (Å²) in [5.41, 5.74) is 11.7. The summed E-state index contributed by atoms with van der Waals surface area (Å²) in [6.07, 6.45) is 3.91. The smallest absolute Gasteiger partial charge is 0.313 e. The van der Waals surface area contributed by atoms with Gasteiger partial charge in [0.2, 0.25) is 5.95 Å². The number of imidazole rings is 1. The first-order valence-corrected chi connectivity index (χ1v) is 16.8. The van der Waals surface area contributed by atoms with Gasteiger partial charge in [-0.2, -0.15) is 42.5 Å². The maximum atomic E-state index is 5.57. The van der Waals surface area contributed by atoms with Gasteiger partial charge in [-0.15, -0.1) is 12.1 Å². The molecule has 0 aliphatic heterocycles. The van der Waals surface area contributed by atoms with Crippen LogP contribution in [-0.4, -0.2) is 23.7 Å². The fourth-order valence-electron chi connectivity index (χ4n) is 7.12. The fraction of sp³-hybridized carbons (Fsp3) is 0.136. The molecule has 0 spiro atoms. The largest absolute Gasteiger partial charge is 2.00 e. The van der Waals surface area contributed by atoms with Crippen LogP contribution in [0.25, 0.3) is 72.3 Å². The summed E-state index contributed by atoms with van der Waals surface area (Å²) in [6, 6.07) is 45.8. The Kier molecular flexibility index (Phi) is 7.65. The molecule has 4 aromatic heterocycles. The second-order valence-corrected chi connectivity index (χ2v) is 14.1. The molecule has 0 aliphatic rings. The second-order valence-electron chi connectivity index (χ2n) is 14.1. The van der Waals surface area contributed by atoms with Crippen molar-refractivity contribution in [2.75, 3.05) is 0 Å². The van der Waals surface area contributed by atoms with Crippen molar-refractivity contribution in [1.29, 1.82) is 0 Å². The van der Waals surface area contributed by atoms with Crippen LogP contribution in [0.15, 0.2) is 122 Å². The number of hydrogen-bond donors (Lipinski definition) is 0. The van der Waals surface area contributed by atoms with Gasteiger partial charge in [0.15, 0.2) is 0 Å². The van der Waals surface area contributed by atoms with Crippen molar-refractivity contribution >= 4 is 43.9 Å². The molecule has 9 rings (SSSR count). The molecule has 0 N–H and O–H groups in total. The van der Waals surface area contributed by atoms with Gasteiger partial charge in [-0.1, -0.05) is 56.2 Å². The van der Waals surface area contributed by atoms with Gasteiger partial charge in [0, 0.05) is 39.6 Å². The molecule has 0 saturated heterocycles. The first-order valence-electron chi connectivity index (χ1n) is 16.8. The minimum absolute atomic E-state index is 0. The van der Waals surface area contributed by atoms with E-state index in [0.29, 0.717) is 0 Å². The van der Waals surface area contributed by atoms with Crippen molar-refractivity contribution in [3.8, 4) is 28.5 Å². The van der Waals surface area contributed by atoms with Gasteiger partial charge in [0.25, 0.3) is 0 Å². The van der Waals surface area contributed by atoms with Gasteiger partial charge in [0.1, 0.15) is 11.3 Å². The molecule has 4 heterocycles. The van der Waals surface area contributed by atoms with E-state index in [1.165, 1.54) is 22.1 Å². The number of benzene rings is 5. The Bertz CT molecular complexity index is 2700. The van der Waals surface area contributed by atoms with E-state index in [0.717, 1.165) is 66.9 Å². The summed E-state index contributed by atoms with van der Waals surface area (Å²) in [5, 5.41) is 4.53. The van der Waals surface area contributed by atoms with Crippen LogP contribution in [-0.2, 0) is 26.5 Å². The Hall–Kier alpha value is -5.25. The maximum Gasteiger partial charge on any atom is 2.00 e. The van der Waals surface area contributed by atoms with Crippen molar-refractivity contribution in [3.05, 3.63) is 150 Å². The second kappa shape index (κ2) is 12.0. The van der Waals surface area contributed by atoms with E-state index >= 15 is 0 Å². The van der Waals surface area contributed by atoms with Crippen molar-refractivity contribution in [1.82, 2.24) is 23.7 Å². The van der Waals surface area contributed by atoms with E-state index in [1.54, 1.807) is 0 Å². The first kappa shape index (κ1) is 32.0. The van der Waals surface area contributed by atoms with Crippen LogP contribution in [0.3, 0.4) is 0 Å². The standard InChI is InChI=1S/C44H35N5.Pt/c1-28-14-20-39-35(24-28)37-27-38-36-25-29(2)15-21-40(36)49(43-45-22-23-47(43)33-18-16-32(17-19-33)44(3,4)5)42(38)46-41(37)48(39)34-13-9-12-31(26-34)30-10-7-6-8-11-30;/h6-10,12-25,27H,1-5H3;/q-2;+2. The van der Waals surface area contributed by atoms with Crippen molar-refractivity contribution in [3.63, 3.8) is 0 Å². The van der Waals surface area contributed by atoms with Crippen LogP contribution in [0, 0.1) is 26.0 Å². The van der Waals surface area contributed by atoms with Crippen LogP contribution in [0.4, 0.5) is 0 Å². The van der Waals surface area contributed by atoms with Crippen LogP contribution >= 0.6 is 0 Å². The van der Waals surface area contributed by atoms with E-state index in [1.807, 2.05) is 30.6 Å². The summed E-state index contributed by atoms with van der Waals surface area (Å²) in [5.74, 6) is 0.797. The van der Waals surface area contributed by atoms with Crippen LogP contribution in [0.1, 0.15) is 37.5 Å². The number of hydrogen-bond acceptors (Lipinski definition) is 2. The molecule has 6 heteroatoms. The van der Waals surface area contributed by atoms with Crippen LogP contribution < -0.4 is 0 Å². The van der Waals surface area contributed by atoms with E-state index < -0.39 is 0 Å². The third kappa shape index (κ3) is 5.11. The molecule has 0 fully saturated rings. The fourth-order valence-corrected chi connectivity index (χ4v) is 7.12. The van der Waals surface area contributed by atoms with Crippen LogP contribution in [0.2, 0.25) is 0 Å². The maximum absolute atomic E-state index is 5.57. The zero-order valence-electron chi connectivity index (χ0n) is 28.6. The topological polar surface area (TPSA) is 40.6 Å². The molecule has 0 saturated carbocycles. The molecule has 0 aliphatic carbocycles. The Balaban J connectivity index is 0.00000361. The molecule has 5 nitrogen and oxygen atoms in total. The molecule has 5 aromatic carbocycles. The molecule has 0 bridgehead atoms. The quantitative estimate of drug-likeness (QED) is 0.166. The number of fused-ring (bicyclic) bond motifs is 6. The predicted octanol–water partition coefficient (Wildman–Crippen LogP) is 10.6. The number of aromatic nitrogens is 5. The third-order valence-electron chi connectivity index (χ3n) is 9.62. The Morgan fingerprint density at radius 3 is 1.96 bits per heavy atom. The van der Waals surface area contributed by atoms with E-state index in [2.05, 4.69) is 151 Å². The number of nitrogens with zero attached hydrogens (tertiary/aromatic N) is 5. The van der Waals surface area contributed by atoms with Crippen molar-refractivity contribution < 1.29 is 21.1 Å². The molecule has 0 atom stereocenters. The molecular formula is C44H35N5Pt. The zero-order chi connectivity index (χ0) is 33.4. The van der Waals surface area contributed by atoms with Gasteiger partial charge in [-0.25, -0.2) is 21.1 Å². The molecule has 9 aromatic rings. The summed E-state index contributed by atoms with van der Waals surface area (Å²) in [7, 11) is 0. The van der Waals surface area contributed by atoms with Gasteiger partial charge in [-0.3, -0.25) is 9.13 Å². The average molecular weight is 829 g/mol. The van der Waals surface area contributed by atoms with Crippen molar-refractivity contribution in [2.45, 2.75) is 40.0 Å². The van der Waals surface area contributed by atoms with Gasteiger partial charge in [0.05, 0.1) is 11.0 Å². The Morgan fingerprint density at radius 2 is 1.30 bits per heavy atom. The third-order valence-corrected chi connectivity index (χ3v) is 9.62. The minimum Gasteiger partial charge on any atom is -0.313 e. The molecule has 0 amide bonds. The van der Waals surface area contributed by atoms with Crippen LogP contribution in [0.5, 0.6) is 0 Å². The van der Waals surface area contributed by atoms with E-state index in [9.17, 15) is 0 Å². The Labute approximate surface area is 306 Å². The molecule has 0 radical (unpaired) electrons. The molecule has 246 valence electrons. The average Bonchev–Trinajstić information content (AvgIpc) is 3.79.